The van der Waals surface area contributed by atoms with Gasteiger partial charge in [-0.3, -0.25) is 9.59 Å². The van der Waals surface area contributed by atoms with Crippen molar-refractivity contribution in [3.8, 4) is 11.3 Å². The van der Waals surface area contributed by atoms with E-state index in [9.17, 15) is 35.9 Å². The minimum absolute atomic E-state index is 0.00706. The first-order valence-corrected chi connectivity index (χ1v) is 14.4. The van der Waals surface area contributed by atoms with Crippen molar-refractivity contribution in [3.63, 3.8) is 0 Å². The Balaban J connectivity index is 0.000000479. The lowest BCUT2D eigenvalue weighted by Crippen LogP contribution is -2.37. The number of imidazole rings is 1. The van der Waals surface area contributed by atoms with Crippen LogP contribution in [-0.2, 0) is 32.0 Å². The predicted molar refractivity (Wildman–Crippen MR) is 158 cm³/mol. The number of benzene rings is 2. The van der Waals surface area contributed by atoms with E-state index < -0.39 is 30.3 Å². The van der Waals surface area contributed by atoms with Gasteiger partial charge in [0.15, 0.2) is 0 Å². The van der Waals surface area contributed by atoms with E-state index in [-0.39, 0.29) is 24.3 Å². The smallest absolute Gasteiger partial charge is 0.481 e. The van der Waals surface area contributed by atoms with Crippen LogP contribution in [-0.4, -0.2) is 68.0 Å². The second-order valence-corrected chi connectivity index (χ2v) is 10.8. The molecule has 1 amide bonds. The third-order valence-corrected chi connectivity index (χ3v) is 7.18. The summed E-state index contributed by atoms with van der Waals surface area (Å²) in [6.45, 7) is 0.692. The Kier molecular flexibility index (Phi) is 14.6. The van der Waals surface area contributed by atoms with E-state index >= 15 is 0 Å². The number of carboxylic acid groups (broad SMARTS) is 3. The number of nitrogens with two attached hydrogens (primary N) is 1. The number of nitrogens with one attached hydrogen (secondary N) is 2. The SMILES string of the molecule is NCC1CCC(C(=O)NC(Cc2ccccc2)c2ncc(-c3ccc(CC(=O)O)cc3)[nH]2)CC1.O=C(O)C(F)(F)F.O=C(O)C(F)(F)F. The lowest BCUT2D eigenvalue weighted by molar-refractivity contribution is -0.193. The van der Waals surface area contributed by atoms with Gasteiger partial charge in [0.05, 0.1) is 24.4 Å². The molecule has 3 aromatic rings. The van der Waals surface area contributed by atoms with Gasteiger partial charge in [-0.1, -0.05) is 54.6 Å². The van der Waals surface area contributed by atoms with Crippen molar-refractivity contribution in [2.75, 3.05) is 6.54 Å². The Morgan fingerprint density at radius 1 is 0.833 bits per heavy atom. The number of alkyl halides is 6. The zero-order valence-electron chi connectivity index (χ0n) is 25.2. The van der Waals surface area contributed by atoms with Crippen molar-refractivity contribution < 1.29 is 60.8 Å². The number of carbonyl (C=O) groups excluding carboxylic acids is 1. The molecule has 7 N–H and O–H groups in total. The molecule has 0 saturated heterocycles. The number of rotatable bonds is 9. The number of hydrogen-bond donors (Lipinski definition) is 6. The van der Waals surface area contributed by atoms with Crippen LogP contribution in [0.1, 0.15) is 48.7 Å². The van der Waals surface area contributed by atoms with E-state index in [1.165, 1.54) is 0 Å². The van der Waals surface area contributed by atoms with Crippen molar-refractivity contribution in [2.24, 2.45) is 17.6 Å². The monoisotopic (exact) mass is 688 g/mol. The summed E-state index contributed by atoms with van der Waals surface area (Å²) in [4.78, 5) is 49.8. The number of halogens is 6. The van der Waals surface area contributed by atoms with Crippen LogP contribution in [0.3, 0.4) is 0 Å². The number of hydrogen-bond acceptors (Lipinski definition) is 6. The molecule has 1 heterocycles. The number of carbonyl (C=O) groups is 4. The molecule has 1 saturated carbocycles. The lowest BCUT2D eigenvalue weighted by atomic mass is 9.81. The minimum Gasteiger partial charge on any atom is -0.481 e. The summed E-state index contributed by atoms with van der Waals surface area (Å²) >= 11 is 0. The predicted octanol–water partition coefficient (Wildman–Crippen LogP) is 5.14. The molecule has 0 radical (unpaired) electrons. The van der Waals surface area contributed by atoms with Crippen molar-refractivity contribution in [1.82, 2.24) is 15.3 Å². The molecule has 1 aliphatic rings. The summed E-state index contributed by atoms with van der Waals surface area (Å²) in [6.07, 6.45) is -4.03. The van der Waals surface area contributed by atoms with Gasteiger partial charge >= 0.3 is 30.3 Å². The molecule has 1 aromatic heterocycles. The van der Waals surface area contributed by atoms with Gasteiger partial charge in [0, 0.05) is 5.92 Å². The summed E-state index contributed by atoms with van der Waals surface area (Å²) in [5.41, 5.74) is 9.42. The molecule has 1 unspecified atom stereocenters. The molecule has 0 spiro atoms. The Hall–Kier alpha value is -4.93. The average molecular weight is 689 g/mol. The van der Waals surface area contributed by atoms with E-state index in [1.807, 2.05) is 42.5 Å². The van der Waals surface area contributed by atoms with Gasteiger partial charge in [-0.2, -0.15) is 26.3 Å². The molecular formula is C31H34F6N4O7. The minimum atomic E-state index is -5.08. The molecule has 1 atom stereocenters. The van der Waals surface area contributed by atoms with Crippen molar-refractivity contribution >= 4 is 23.8 Å². The van der Waals surface area contributed by atoms with Crippen LogP contribution in [0, 0.1) is 11.8 Å². The first kappa shape index (κ1) is 39.2. The Labute approximate surface area is 270 Å². The van der Waals surface area contributed by atoms with Crippen LogP contribution in [0.15, 0.2) is 60.8 Å². The molecule has 11 nitrogen and oxygen atoms in total. The molecule has 17 heteroatoms. The second kappa shape index (κ2) is 17.8. The third kappa shape index (κ3) is 13.4. The summed E-state index contributed by atoms with van der Waals surface area (Å²) in [7, 11) is 0. The molecule has 4 rings (SSSR count). The Morgan fingerprint density at radius 2 is 1.35 bits per heavy atom. The molecule has 2 aromatic carbocycles. The van der Waals surface area contributed by atoms with Crippen LogP contribution in [0.4, 0.5) is 26.3 Å². The molecule has 262 valence electrons. The molecular weight excluding hydrogens is 654 g/mol. The number of H-pyrrole nitrogens is 1. The Bertz CT molecular complexity index is 1460. The van der Waals surface area contributed by atoms with Gasteiger partial charge < -0.3 is 31.4 Å². The number of aromatic amines is 1. The Morgan fingerprint density at radius 3 is 1.81 bits per heavy atom. The first-order chi connectivity index (χ1) is 22.4. The zero-order valence-corrected chi connectivity index (χ0v) is 25.2. The number of aromatic nitrogens is 2. The normalized spacial score (nSPS) is 16.6. The van der Waals surface area contributed by atoms with E-state index in [1.54, 1.807) is 6.20 Å². The topological polar surface area (TPSA) is 196 Å². The number of nitrogens with zero attached hydrogens (tertiary/aromatic N) is 1. The fraction of sp³-hybridized carbons (Fsp3) is 0.387. The summed E-state index contributed by atoms with van der Waals surface area (Å²) in [6, 6.07) is 17.2. The van der Waals surface area contributed by atoms with Crippen molar-refractivity contribution in [2.45, 2.75) is 56.9 Å². The molecule has 0 bridgehead atoms. The highest BCUT2D eigenvalue weighted by Crippen LogP contribution is 2.29. The van der Waals surface area contributed by atoms with E-state index in [0.717, 1.165) is 48.1 Å². The highest BCUT2D eigenvalue weighted by atomic mass is 19.4. The molecule has 1 aliphatic carbocycles. The maximum absolute atomic E-state index is 13.1. The zero-order chi connectivity index (χ0) is 36.1. The van der Waals surface area contributed by atoms with Crippen molar-refractivity contribution in [1.29, 1.82) is 0 Å². The third-order valence-electron chi connectivity index (χ3n) is 7.18. The maximum atomic E-state index is 13.1. The largest absolute Gasteiger partial charge is 0.490 e. The lowest BCUT2D eigenvalue weighted by Gasteiger charge is -2.28. The highest BCUT2D eigenvalue weighted by Gasteiger charge is 2.39. The maximum Gasteiger partial charge on any atom is 0.490 e. The van der Waals surface area contributed by atoms with Gasteiger partial charge in [0.2, 0.25) is 5.91 Å². The summed E-state index contributed by atoms with van der Waals surface area (Å²) in [5.74, 6) is -5.05. The average Bonchev–Trinajstić information content (AvgIpc) is 3.51. The molecule has 1 fully saturated rings. The van der Waals surface area contributed by atoms with Crippen LogP contribution in [0.25, 0.3) is 11.3 Å². The van der Waals surface area contributed by atoms with Crippen molar-refractivity contribution in [3.05, 3.63) is 77.7 Å². The van der Waals surface area contributed by atoms with Crippen LogP contribution >= 0.6 is 0 Å². The van der Waals surface area contributed by atoms with E-state index in [4.69, 9.17) is 30.6 Å². The van der Waals surface area contributed by atoms with Gasteiger partial charge in [-0.25, -0.2) is 14.6 Å². The van der Waals surface area contributed by atoms with Gasteiger partial charge in [0.25, 0.3) is 0 Å². The summed E-state index contributed by atoms with van der Waals surface area (Å²) < 4.78 is 63.5. The summed E-state index contributed by atoms with van der Waals surface area (Å²) in [5, 5.41) is 26.5. The van der Waals surface area contributed by atoms with Crippen LogP contribution < -0.4 is 11.1 Å². The van der Waals surface area contributed by atoms with E-state index in [2.05, 4.69) is 27.4 Å². The van der Waals surface area contributed by atoms with E-state index in [0.29, 0.717) is 24.7 Å². The number of carboxylic acids is 3. The second-order valence-electron chi connectivity index (χ2n) is 10.8. The quantitative estimate of drug-likeness (QED) is 0.165. The number of aliphatic carboxylic acids is 3. The number of amides is 1. The van der Waals surface area contributed by atoms with Crippen LogP contribution in [0.5, 0.6) is 0 Å². The van der Waals surface area contributed by atoms with Crippen LogP contribution in [0.2, 0.25) is 0 Å². The fourth-order valence-corrected chi connectivity index (χ4v) is 4.65. The van der Waals surface area contributed by atoms with Gasteiger partial charge in [-0.15, -0.1) is 0 Å². The standard InChI is InChI=1S/C27H32N4O3.2C2HF3O2/c28-16-20-8-12-22(13-9-20)27(34)31-23(14-18-4-2-1-3-5-18)26-29-17-24(30-26)21-10-6-19(7-11-21)15-25(32)33;2*3-2(4,5)1(6)7/h1-7,10-11,17,20,22-23H,8-9,12-16,28H2,(H,29,30)(H,31,34)(H,32,33);2*(H,6,7). The van der Waals surface area contributed by atoms with Gasteiger partial charge in [-0.05, 0) is 61.3 Å². The highest BCUT2D eigenvalue weighted by molar-refractivity contribution is 5.79. The first-order valence-electron chi connectivity index (χ1n) is 14.4. The van der Waals surface area contributed by atoms with Gasteiger partial charge in [0.1, 0.15) is 5.82 Å². The molecule has 0 aliphatic heterocycles. The fourth-order valence-electron chi connectivity index (χ4n) is 4.65. The molecule has 48 heavy (non-hydrogen) atoms.